The van der Waals surface area contributed by atoms with Crippen LogP contribution in [0.4, 0.5) is 0 Å². The molecule has 3 heterocycles. The number of ether oxygens (including phenoxy) is 1. The van der Waals surface area contributed by atoms with Crippen LogP contribution in [-0.4, -0.2) is 66.4 Å². The van der Waals surface area contributed by atoms with E-state index < -0.39 is 15.3 Å². The van der Waals surface area contributed by atoms with Crippen LogP contribution in [0.15, 0.2) is 38.8 Å². The zero-order chi connectivity index (χ0) is 22.6. The van der Waals surface area contributed by atoms with E-state index in [0.29, 0.717) is 25.2 Å². The fourth-order valence-electron chi connectivity index (χ4n) is 3.79. The van der Waals surface area contributed by atoms with Gasteiger partial charge in [-0.05, 0) is 50.8 Å². The molecule has 0 unspecified atom stereocenters. The predicted molar refractivity (Wildman–Crippen MR) is 120 cm³/mol. The van der Waals surface area contributed by atoms with E-state index in [0.717, 1.165) is 50.5 Å². The summed E-state index contributed by atoms with van der Waals surface area (Å²) in [6.07, 6.45) is 4.88. The highest BCUT2D eigenvalue weighted by Crippen LogP contribution is 2.29. The number of piperidine rings is 1. The molecule has 0 bridgehead atoms. The fourth-order valence-corrected chi connectivity index (χ4v) is 6.06. The number of nitrogens with one attached hydrogen (secondary N) is 1. The van der Waals surface area contributed by atoms with Crippen LogP contribution >= 0.6 is 11.8 Å². The number of hydrogen-bond donors (Lipinski definition) is 1. The van der Waals surface area contributed by atoms with E-state index in [9.17, 15) is 13.2 Å². The minimum absolute atomic E-state index is 0.0830. The zero-order valence-corrected chi connectivity index (χ0v) is 19.7. The molecule has 2 fully saturated rings. The van der Waals surface area contributed by atoms with E-state index in [2.05, 4.69) is 15.5 Å². The Hall–Kier alpha value is -1.95. The van der Waals surface area contributed by atoms with E-state index in [1.165, 1.54) is 4.31 Å². The van der Waals surface area contributed by atoms with Gasteiger partial charge in [0.05, 0.1) is 16.2 Å². The Kier molecular flexibility index (Phi) is 7.49. The quantitative estimate of drug-likeness (QED) is 0.574. The van der Waals surface area contributed by atoms with Crippen LogP contribution in [0.2, 0.25) is 0 Å². The molecular formula is C21H28N4O5S2. The number of benzene rings is 1. The molecule has 4 rings (SSSR count). The lowest BCUT2D eigenvalue weighted by Crippen LogP contribution is -2.36. The predicted octanol–water partition coefficient (Wildman–Crippen LogP) is 2.69. The first-order valence-corrected chi connectivity index (χ1v) is 13.3. The maximum atomic E-state index is 13.0. The molecule has 11 heteroatoms. The van der Waals surface area contributed by atoms with Crippen molar-refractivity contribution >= 4 is 27.7 Å². The maximum absolute atomic E-state index is 13.0. The van der Waals surface area contributed by atoms with Gasteiger partial charge in [0, 0.05) is 31.8 Å². The van der Waals surface area contributed by atoms with Crippen LogP contribution in [-0.2, 0) is 19.6 Å². The van der Waals surface area contributed by atoms with Gasteiger partial charge in [0.25, 0.3) is 5.22 Å². The van der Waals surface area contributed by atoms with Crippen molar-refractivity contribution in [2.45, 2.75) is 60.5 Å². The molecule has 1 aromatic carbocycles. The minimum atomic E-state index is -3.55. The summed E-state index contributed by atoms with van der Waals surface area (Å²) in [4.78, 5) is 12.6. The first-order valence-electron chi connectivity index (χ1n) is 10.9. The van der Waals surface area contributed by atoms with E-state index >= 15 is 0 Å². The summed E-state index contributed by atoms with van der Waals surface area (Å²) in [6.45, 7) is 4.10. The molecule has 1 aromatic heterocycles. The standard InChI is InChI=1S/C21H28N4O5S2/c1-15(19(26)22-14-17-8-6-12-29-17)31-21-24-23-20(30-21)16-7-5-9-18(13-16)32(27,28)25-10-3-2-4-11-25/h5,7,9,13,15,17H,2-4,6,8,10-12,14H2,1H3,(H,22,26)/t15-,17-/m0/s1. The van der Waals surface area contributed by atoms with Gasteiger partial charge < -0.3 is 14.5 Å². The number of carbonyl (C=O) groups excluding carboxylic acids is 1. The Morgan fingerprint density at radius 3 is 2.81 bits per heavy atom. The zero-order valence-electron chi connectivity index (χ0n) is 18.0. The maximum Gasteiger partial charge on any atom is 0.277 e. The number of carbonyl (C=O) groups is 1. The number of thioether (sulfide) groups is 1. The van der Waals surface area contributed by atoms with E-state index in [1.807, 2.05) is 0 Å². The molecule has 2 aromatic rings. The number of hydrogen-bond acceptors (Lipinski definition) is 8. The molecule has 0 saturated carbocycles. The summed E-state index contributed by atoms with van der Waals surface area (Å²) in [6, 6.07) is 6.54. The summed E-state index contributed by atoms with van der Waals surface area (Å²) < 4.78 is 38.7. The molecule has 1 N–H and O–H groups in total. The van der Waals surface area contributed by atoms with Crippen molar-refractivity contribution in [3.63, 3.8) is 0 Å². The summed E-state index contributed by atoms with van der Waals surface area (Å²) in [7, 11) is -3.55. The van der Waals surface area contributed by atoms with Crippen molar-refractivity contribution in [1.29, 1.82) is 0 Å². The number of amides is 1. The first-order chi connectivity index (χ1) is 15.4. The monoisotopic (exact) mass is 480 g/mol. The van der Waals surface area contributed by atoms with E-state index in [-0.39, 0.29) is 28.0 Å². The molecule has 32 heavy (non-hydrogen) atoms. The van der Waals surface area contributed by atoms with Crippen LogP contribution in [0.1, 0.15) is 39.0 Å². The van der Waals surface area contributed by atoms with Gasteiger partial charge >= 0.3 is 0 Å². The second kappa shape index (κ2) is 10.3. The van der Waals surface area contributed by atoms with Gasteiger partial charge in [0.2, 0.25) is 21.8 Å². The molecule has 2 atom stereocenters. The molecule has 1 amide bonds. The van der Waals surface area contributed by atoms with Crippen molar-refractivity contribution < 1.29 is 22.4 Å². The van der Waals surface area contributed by atoms with Crippen LogP contribution in [0.5, 0.6) is 0 Å². The van der Waals surface area contributed by atoms with Gasteiger partial charge in [-0.3, -0.25) is 4.79 Å². The highest BCUT2D eigenvalue weighted by molar-refractivity contribution is 8.00. The summed E-state index contributed by atoms with van der Waals surface area (Å²) in [5.41, 5.74) is 0.526. The molecular weight excluding hydrogens is 452 g/mol. The van der Waals surface area contributed by atoms with Crippen LogP contribution in [0.25, 0.3) is 11.5 Å². The van der Waals surface area contributed by atoms with E-state index in [1.54, 1.807) is 31.2 Å². The smallest absolute Gasteiger partial charge is 0.277 e. The lowest BCUT2D eigenvalue weighted by molar-refractivity contribution is -0.120. The number of aromatic nitrogens is 2. The van der Waals surface area contributed by atoms with Crippen molar-refractivity contribution in [1.82, 2.24) is 19.8 Å². The molecule has 2 saturated heterocycles. The fraction of sp³-hybridized carbons (Fsp3) is 0.571. The SMILES string of the molecule is C[C@H](Sc1nnc(-c2cccc(S(=O)(=O)N3CCCCC3)c2)o1)C(=O)NC[C@@H]1CCCO1. The van der Waals surface area contributed by atoms with Gasteiger partial charge in [-0.2, -0.15) is 4.31 Å². The lowest BCUT2D eigenvalue weighted by atomic mass is 10.2. The average molecular weight is 481 g/mol. The molecule has 0 spiro atoms. The second-order valence-corrected chi connectivity index (χ2v) is 11.2. The summed E-state index contributed by atoms with van der Waals surface area (Å²) >= 11 is 1.16. The van der Waals surface area contributed by atoms with Gasteiger partial charge in [-0.1, -0.05) is 24.2 Å². The Labute approximate surface area is 192 Å². The molecule has 0 radical (unpaired) electrons. The Morgan fingerprint density at radius 1 is 1.25 bits per heavy atom. The van der Waals surface area contributed by atoms with E-state index in [4.69, 9.17) is 9.15 Å². The molecule has 9 nitrogen and oxygen atoms in total. The highest BCUT2D eigenvalue weighted by atomic mass is 32.2. The molecule has 174 valence electrons. The topological polar surface area (TPSA) is 115 Å². The van der Waals surface area contributed by atoms with Crippen molar-refractivity contribution in [3.8, 4) is 11.5 Å². The Bertz CT molecular complexity index is 1030. The van der Waals surface area contributed by atoms with Crippen LogP contribution in [0.3, 0.4) is 0 Å². The third-order valence-corrected chi connectivity index (χ3v) is 8.44. The number of nitrogens with zero attached hydrogens (tertiary/aromatic N) is 3. The average Bonchev–Trinajstić information content (AvgIpc) is 3.50. The number of rotatable bonds is 8. The Balaban J connectivity index is 1.39. The molecule has 0 aliphatic carbocycles. The lowest BCUT2D eigenvalue weighted by Gasteiger charge is -2.25. The van der Waals surface area contributed by atoms with Crippen LogP contribution in [0, 0.1) is 0 Å². The third-order valence-electron chi connectivity index (χ3n) is 5.62. The highest BCUT2D eigenvalue weighted by Gasteiger charge is 2.27. The van der Waals surface area contributed by atoms with Crippen molar-refractivity contribution in [3.05, 3.63) is 24.3 Å². The van der Waals surface area contributed by atoms with Gasteiger partial charge in [-0.15, -0.1) is 10.2 Å². The second-order valence-electron chi connectivity index (χ2n) is 8.01. The van der Waals surface area contributed by atoms with Gasteiger partial charge in [0.1, 0.15) is 0 Å². The van der Waals surface area contributed by atoms with Crippen molar-refractivity contribution in [2.24, 2.45) is 0 Å². The third kappa shape index (κ3) is 5.51. The number of sulfonamides is 1. The molecule has 2 aliphatic rings. The first kappa shape index (κ1) is 23.2. The minimum Gasteiger partial charge on any atom is -0.411 e. The van der Waals surface area contributed by atoms with Gasteiger partial charge in [-0.25, -0.2) is 8.42 Å². The largest absolute Gasteiger partial charge is 0.411 e. The molecule has 2 aliphatic heterocycles. The normalized spacial score (nSPS) is 20.8. The Morgan fingerprint density at radius 2 is 2.06 bits per heavy atom. The van der Waals surface area contributed by atoms with Gasteiger partial charge in [0.15, 0.2) is 0 Å². The van der Waals surface area contributed by atoms with Crippen LogP contribution < -0.4 is 5.32 Å². The summed E-state index contributed by atoms with van der Waals surface area (Å²) in [5.74, 6) is 0.0926. The summed E-state index contributed by atoms with van der Waals surface area (Å²) in [5, 5.41) is 10.8. The van der Waals surface area contributed by atoms with Crippen molar-refractivity contribution in [2.75, 3.05) is 26.2 Å².